The standard InChI is InChI=1S/C47H49N9O8S4/c1-27-19-37-42(43(48)52-27)54-46(61)56(37)25-28-4-11-40(51-23-28)49-12-15-55-14-2-3-29(24-55)26-63-47(66)62-16-18-68-67-17-13-50-45(65)53-30-5-8-33(36(20-30)44(59)60)41-34-9-6-31(57)21-38(34)64-39-22-32(58)7-10-35(39)41/h4-11,19-23,29,57H,2-3,12-18,24-26H2,1H3,(H2,48,52)(H,49,51)(H,54,61)(H,59,60)(H2,50,53,65). The van der Waals surface area contributed by atoms with Crippen LogP contribution in [0.3, 0.4) is 0 Å². The Morgan fingerprint density at radius 3 is 2.68 bits per heavy atom. The van der Waals surface area contributed by atoms with Crippen LogP contribution in [0.2, 0.25) is 0 Å². The number of H-pyrrole nitrogens is 1. The number of piperidine rings is 1. The van der Waals surface area contributed by atoms with Gasteiger partial charge in [0.15, 0.2) is 10.5 Å². The summed E-state index contributed by atoms with van der Waals surface area (Å²) in [5, 5.41) is 31.1. The first-order valence-corrected chi connectivity index (χ1v) is 25.1. The number of thiocarbonyl (C=S) groups is 2. The van der Waals surface area contributed by atoms with Crippen LogP contribution in [0.1, 0.15) is 34.5 Å². The zero-order valence-corrected chi connectivity index (χ0v) is 40.2. The molecule has 3 aromatic heterocycles. The topological polar surface area (TPSA) is 235 Å². The van der Waals surface area contributed by atoms with Crippen molar-refractivity contribution < 1.29 is 28.9 Å². The van der Waals surface area contributed by atoms with Gasteiger partial charge in [0.2, 0.25) is 0 Å². The average Bonchev–Trinajstić information content (AvgIpc) is 3.62. The number of hydrogen-bond donors (Lipinski definition) is 7. The van der Waals surface area contributed by atoms with Gasteiger partial charge in [-0.3, -0.25) is 9.36 Å². The maximum atomic E-state index is 12.6. The number of pyridine rings is 2. The molecule has 1 unspecified atom stereocenters. The molecule has 3 aliphatic rings. The van der Waals surface area contributed by atoms with Crippen molar-refractivity contribution in [3.8, 4) is 28.2 Å². The first kappa shape index (κ1) is 48.1. The van der Waals surface area contributed by atoms with E-state index in [0.29, 0.717) is 93.3 Å². The molecule has 5 heterocycles. The predicted octanol–water partition coefficient (Wildman–Crippen LogP) is 7.15. The summed E-state index contributed by atoms with van der Waals surface area (Å²) in [4.78, 5) is 51.4. The van der Waals surface area contributed by atoms with Crippen molar-refractivity contribution in [1.29, 1.82) is 0 Å². The number of anilines is 3. The van der Waals surface area contributed by atoms with Gasteiger partial charge in [0.25, 0.3) is 0 Å². The summed E-state index contributed by atoms with van der Waals surface area (Å²) in [6, 6.07) is 19.6. The van der Waals surface area contributed by atoms with Gasteiger partial charge in [-0.05, 0) is 98.2 Å². The maximum absolute atomic E-state index is 12.6. The summed E-state index contributed by atoms with van der Waals surface area (Å²) in [5.74, 6) is 1.97. The summed E-state index contributed by atoms with van der Waals surface area (Å²) in [6.07, 6.45) is 3.91. The number of carboxylic acids is 1. The molecule has 21 heteroatoms. The molecule has 2 aromatic carbocycles. The van der Waals surface area contributed by atoms with Crippen LogP contribution in [0.25, 0.3) is 44.5 Å². The van der Waals surface area contributed by atoms with E-state index in [2.05, 4.69) is 35.8 Å². The Morgan fingerprint density at radius 1 is 1.01 bits per heavy atom. The third-order valence-electron chi connectivity index (χ3n) is 11.3. The number of aromatic hydroxyl groups is 1. The number of aromatic nitrogens is 4. The fourth-order valence-electron chi connectivity index (χ4n) is 8.15. The molecule has 2 aliphatic heterocycles. The molecule has 1 fully saturated rings. The number of nitrogen functional groups attached to an aromatic ring is 1. The Kier molecular flexibility index (Phi) is 15.7. The number of aromatic amines is 1. The van der Waals surface area contributed by atoms with Crippen LogP contribution in [0.15, 0.2) is 93.0 Å². The second-order valence-corrected chi connectivity index (χ2v) is 19.6. The number of aryl methyl sites for hydroxylation is 1. The minimum atomic E-state index is -1.15. The van der Waals surface area contributed by atoms with Crippen molar-refractivity contribution in [3.05, 3.63) is 117 Å². The van der Waals surface area contributed by atoms with E-state index in [1.54, 1.807) is 56.6 Å². The first-order valence-electron chi connectivity index (χ1n) is 21.8. The van der Waals surface area contributed by atoms with Crippen molar-refractivity contribution in [2.24, 2.45) is 5.92 Å². The zero-order chi connectivity index (χ0) is 47.7. The SMILES string of the molecule is Cc1cc2c([nH]c(=O)n2Cc2ccc(NCCN3CCCC(COC(=S)OCCSSCCNC(=S)Nc4ccc(-c5c6ccc(=O)cc-6oc6cc(O)ccc56)c(C(=O)O)c4)C3)nc2)c(N)n1. The van der Waals surface area contributed by atoms with E-state index in [-0.39, 0.29) is 33.4 Å². The number of ether oxygens (including phenoxy) is 2. The van der Waals surface area contributed by atoms with Crippen molar-refractivity contribution in [2.75, 3.05) is 73.8 Å². The molecule has 5 aromatic rings. The third-order valence-corrected chi connectivity index (χ3v) is 14.1. The van der Waals surface area contributed by atoms with Crippen molar-refractivity contribution in [2.45, 2.75) is 26.3 Å². The summed E-state index contributed by atoms with van der Waals surface area (Å²) in [7, 11) is 3.30. The van der Waals surface area contributed by atoms with Gasteiger partial charge in [0.1, 0.15) is 40.9 Å². The summed E-state index contributed by atoms with van der Waals surface area (Å²) in [5.41, 5.74) is 10.8. The molecule has 8 rings (SSSR count). The van der Waals surface area contributed by atoms with E-state index in [1.807, 2.05) is 25.1 Å². The number of hydrogen-bond acceptors (Lipinski definition) is 16. The Balaban J connectivity index is 0.696. The molecule has 8 N–H and O–H groups in total. The van der Waals surface area contributed by atoms with Crippen LogP contribution in [0, 0.1) is 12.8 Å². The minimum absolute atomic E-state index is 0.0184. The fraction of sp³-hybridized carbons (Fsp3) is 0.298. The molecular weight excluding hydrogens is 947 g/mol. The molecule has 1 atom stereocenters. The molecular formula is C47H49N9O8S4. The number of phenolic OH excluding ortho intramolecular Hbond substituents is 1. The highest BCUT2D eigenvalue weighted by Gasteiger charge is 2.24. The van der Waals surface area contributed by atoms with Crippen LogP contribution in [-0.2, 0) is 16.0 Å². The second-order valence-electron chi connectivity index (χ2n) is 16.2. The quantitative estimate of drug-likeness (QED) is 0.0196. The van der Waals surface area contributed by atoms with E-state index >= 15 is 0 Å². The number of nitrogens with zero attached hydrogens (tertiary/aromatic N) is 4. The highest BCUT2D eigenvalue weighted by Crippen LogP contribution is 2.42. The molecule has 0 amide bonds. The minimum Gasteiger partial charge on any atom is -0.508 e. The number of phenols is 1. The monoisotopic (exact) mass is 995 g/mol. The van der Waals surface area contributed by atoms with Gasteiger partial charge in [-0.1, -0.05) is 33.7 Å². The lowest BCUT2D eigenvalue weighted by Crippen LogP contribution is -2.40. The molecule has 354 valence electrons. The zero-order valence-electron chi connectivity index (χ0n) is 36.9. The van der Waals surface area contributed by atoms with E-state index in [0.717, 1.165) is 61.8 Å². The first-order chi connectivity index (χ1) is 32.9. The van der Waals surface area contributed by atoms with E-state index < -0.39 is 5.97 Å². The lowest BCUT2D eigenvalue weighted by atomic mass is 9.90. The predicted molar refractivity (Wildman–Crippen MR) is 277 cm³/mol. The van der Waals surface area contributed by atoms with Gasteiger partial charge in [-0.15, -0.1) is 0 Å². The number of aromatic carboxylic acids is 1. The molecule has 0 bridgehead atoms. The summed E-state index contributed by atoms with van der Waals surface area (Å²) >= 11 is 10.9. The lowest BCUT2D eigenvalue weighted by Gasteiger charge is -2.32. The smallest absolute Gasteiger partial charge is 0.352 e. The molecule has 0 saturated carbocycles. The number of likely N-dealkylation sites (tertiary alicyclic amines) is 1. The normalized spacial score (nSPS) is 14.0. The van der Waals surface area contributed by atoms with Crippen LogP contribution >= 0.6 is 46.0 Å². The van der Waals surface area contributed by atoms with Crippen molar-refractivity contribution >= 4 is 102 Å². The van der Waals surface area contributed by atoms with E-state index in [4.69, 9.17) is 44.1 Å². The van der Waals surface area contributed by atoms with Gasteiger partial charge < -0.3 is 55.7 Å². The molecule has 1 aliphatic carbocycles. The van der Waals surface area contributed by atoms with Crippen molar-refractivity contribution in [1.82, 2.24) is 29.7 Å². The van der Waals surface area contributed by atoms with E-state index in [1.165, 1.54) is 30.3 Å². The number of fused-ring (bicyclic) bond motifs is 3. The van der Waals surface area contributed by atoms with E-state index in [9.17, 15) is 24.6 Å². The van der Waals surface area contributed by atoms with Gasteiger partial charge in [0, 0.05) is 102 Å². The van der Waals surface area contributed by atoms with Gasteiger partial charge >= 0.3 is 16.9 Å². The molecule has 1 saturated heterocycles. The summed E-state index contributed by atoms with van der Waals surface area (Å²) < 4.78 is 19.1. The number of nitrogens with two attached hydrogens (primary N) is 1. The fourth-order valence-corrected chi connectivity index (χ4v) is 10.3. The Labute approximate surface area is 408 Å². The summed E-state index contributed by atoms with van der Waals surface area (Å²) in [6.45, 7) is 7.22. The lowest BCUT2D eigenvalue weighted by molar-refractivity contribution is 0.0697. The number of imidazole rings is 1. The highest BCUT2D eigenvalue weighted by atomic mass is 33.1. The average molecular weight is 996 g/mol. The Bertz CT molecular complexity index is 3050. The number of carbonyl (C=O) groups is 1. The number of carboxylic acid groups (broad SMARTS) is 1. The molecule has 17 nitrogen and oxygen atoms in total. The molecule has 0 spiro atoms. The number of rotatable bonds is 18. The van der Waals surface area contributed by atoms with Crippen LogP contribution in [0.4, 0.5) is 17.3 Å². The van der Waals surface area contributed by atoms with Gasteiger partial charge in [-0.2, -0.15) is 0 Å². The largest absolute Gasteiger partial charge is 0.508 e. The second kappa shape index (κ2) is 22.1. The number of nitrogens with one attached hydrogen (secondary N) is 4. The highest BCUT2D eigenvalue weighted by molar-refractivity contribution is 8.76. The van der Waals surface area contributed by atoms with Gasteiger partial charge in [0.05, 0.1) is 24.2 Å². The maximum Gasteiger partial charge on any atom is 0.352 e. The number of benzene rings is 3. The Morgan fingerprint density at radius 2 is 1.85 bits per heavy atom. The van der Waals surface area contributed by atoms with Crippen LogP contribution < -0.4 is 32.8 Å². The Hall–Kier alpha value is -6.39. The molecule has 68 heavy (non-hydrogen) atoms. The van der Waals surface area contributed by atoms with Crippen molar-refractivity contribution in [3.63, 3.8) is 0 Å². The van der Waals surface area contributed by atoms with Crippen LogP contribution in [-0.4, -0.2) is 108 Å². The third kappa shape index (κ3) is 12.0. The molecule has 0 radical (unpaired) electrons. The van der Waals surface area contributed by atoms with Gasteiger partial charge in [-0.25, -0.2) is 19.6 Å². The van der Waals surface area contributed by atoms with Crippen LogP contribution in [0.5, 0.6) is 5.75 Å².